The highest BCUT2D eigenvalue weighted by atomic mass is 79.9. The van der Waals surface area contributed by atoms with E-state index in [2.05, 4.69) is 15.9 Å². The SMILES string of the molecule is CCC1=C(Cl)[C@@H](Br)OC1=O. The van der Waals surface area contributed by atoms with Crippen LogP contribution in [0.15, 0.2) is 10.6 Å². The second kappa shape index (κ2) is 2.93. The van der Waals surface area contributed by atoms with E-state index >= 15 is 0 Å². The molecule has 0 saturated carbocycles. The Kier molecular flexibility index (Phi) is 2.36. The zero-order valence-corrected chi connectivity index (χ0v) is 7.70. The number of esters is 1. The molecule has 0 amide bonds. The van der Waals surface area contributed by atoms with Gasteiger partial charge < -0.3 is 4.74 Å². The fourth-order valence-electron chi connectivity index (χ4n) is 0.765. The predicted octanol–water partition coefficient (Wildman–Crippen LogP) is 2.17. The summed E-state index contributed by atoms with van der Waals surface area (Å²) in [5, 5.41) is 0.0594. The molecule has 0 radical (unpaired) electrons. The number of halogens is 2. The van der Waals surface area contributed by atoms with Gasteiger partial charge in [-0.15, -0.1) is 0 Å². The minimum absolute atomic E-state index is 0.311. The lowest BCUT2D eigenvalue weighted by Crippen LogP contribution is -2.01. The Morgan fingerprint density at radius 1 is 1.80 bits per heavy atom. The molecule has 10 heavy (non-hydrogen) atoms. The van der Waals surface area contributed by atoms with Gasteiger partial charge in [0.15, 0.2) is 5.01 Å². The van der Waals surface area contributed by atoms with Crippen LogP contribution in [0.25, 0.3) is 0 Å². The molecular weight excluding hydrogens is 219 g/mol. The van der Waals surface area contributed by atoms with E-state index in [0.29, 0.717) is 17.0 Å². The first kappa shape index (κ1) is 8.08. The number of alkyl halides is 1. The highest BCUT2D eigenvalue weighted by molar-refractivity contribution is 9.09. The van der Waals surface area contributed by atoms with Crippen molar-refractivity contribution in [3.63, 3.8) is 0 Å². The Balaban J connectivity index is 2.90. The molecule has 0 aromatic carbocycles. The van der Waals surface area contributed by atoms with Gasteiger partial charge >= 0.3 is 5.97 Å². The second-order valence-electron chi connectivity index (χ2n) is 1.90. The Labute approximate surface area is 72.3 Å². The van der Waals surface area contributed by atoms with Crippen LogP contribution in [0.4, 0.5) is 0 Å². The van der Waals surface area contributed by atoms with Crippen molar-refractivity contribution in [2.45, 2.75) is 18.4 Å². The maximum absolute atomic E-state index is 10.8. The van der Waals surface area contributed by atoms with Crippen LogP contribution in [0.5, 0.6) is 0 Å². The van der Waals surface area contributed by atoms with Crippen LogP contribution in [0.1, 0.15) is 13.3 Å². The van der Waals surface area contributed by atoms with Gasteiger partial charge in [0.25, 0.3) is 0 Å². The van der Waals surface area contributed by atoms with E-state index in [1.807, 2.05) is 6.92 Å². The monoisotopic (exact) mass is 224 g/mol. The average Bonchev–Trinajstić information content (AvgIpc) is 2.09. The molecule has 0 aliphatic carbocycles. The number of rotatable bonds is 1. The summed E-state index contributed by atoms with van der Waals surface area (Å²) in [6.07, 6.45) is 0.625. The average molecular weight is 225 g/mol. The Morgan fingerprint density at radius 3 is 2.60 bits per heavy atom. The second-order valence-corrected chi connectivity index (χ2v) is 3.14. The molecule has 0 aromatic rings. The van der Waals surface area contributed by atoms with Crippen molar-refractivity contribution < 1.29 is 9.53 Å². The summed E-state index contributed by atoms with van der Waals surface area (Å²) >= 11 is 8.80. The fourth-order valence-corrected chi connectivity index (χ4v) is 1.47. The van der Waals surface area contributed by atoms with Crippen LogP contribution in [0, 0.1) is 0 Å². The molecule has 1 aliphatic heterocycles. The first-order chi connectivity index (χ1) is 4.66. The van der Waals surface area contributed by atoms with E-state index in [0.717, 1.165) is 0 Å². The normalized spacial score (nSPS) is 25.5. The van der Waals surface area contributed by atoms with Crippen LogP contribution >= 0.6 is 27.5 Å². The molecule has 0 unspecified atom stereocenters. The zero-order chi connectivity index (χ0) is 7.72. The molecule has 56 valence electrons. The van der Waals surface area contributed by atoms with Gasteiger partial charge in [-0.1, -0.05) is 18.5 Å². The van der Waals surface area contributed by atoms with E-state index in [-0.39, 0.29) is 5.97 Å². The predicted molar refractivity (Wildman–Crippen MR) is 42.0 cm³/mol. The minimum atomic E-state index is -0.420. The van der Waals surface area contributed by atoms with Gasteiger partial charge in [0.05, 0.1) is 10.6 Å². The third-order valence-electron chi connectivity index (χ3n) is 1.30. The molecule has 0 saturated heterocycles. The molecular formula is C6H6BrClO2. The molecule has 1 atom stereocenters. The zero-order valence-electron chi connectivity index (χ0n) is 5.36. The summed E-state index contributed by atoms with van der Waals surface area (Å²) in [4.78, 5) is 10.8. The molecule has 0 N–H and O–H groups in total. The third-order valence-corrected chi connectivity index (χ3v) is 2.63. The van der Waals surface area contributed by atoms with Crippen molar-refractivity contribution in [1.82, 2.24) is 0 Å². The molecule has 1 rings (SSSR count). The molecule has 0 fully saturated rings. The van der Waals surface area contributed by atoms with E-state index in [9.17, 15) is 4.79 Å². The third kappa shape index (κ3) is 1.20. The van der Waals surface area contributed by atoms with Gasteiger partial charge in [0.1, 0.15) is 0 Å². The van der Waals surface area contributed by atoms with Crippen LogP contribution in [0.2, 0.25) is 0 Å². The topological polar surface area (TPSA) is 26.3 Å². The van der Waals surface area contributed by atoms with Gasteiger partial charge in [-0.05, 0) is 22.4 Å². The van der Waals surface area contributed by atoms with Crippen molar-refractivity contribution >= 4 is 33.5 Å². The number of carbonyl (C=O) groups is 1. The van der Waals surface area contributed by atoms with Crippen LogP contribution in [0.3, 0.4) is 0 Å². The summed E-state index contributed by atoms with van der Waals surface area (Å²) < 4.78 is 4.75. The Hall–Kier alpha value is -0.0200. The van der Waals surface area contributed by atoms with E-state index in [4.69, 9.17) is 16.3 Å². The summed E-state index contributed by atoms with van der Waals surface area (Å²) in [7, 11) is 0. The minimum Gasteiger partial charge on any atom is -0.441 e. The van der Waals surface area contributed by atoms with Crippen molar-refractivity contribution in [2.24, 2.45) is 0 Å². The van der Waals surface area contributed by atoms with E-state index in [1.54, 1.807) is 0 Å². The molecule has 0 spiro atoms. The summed E-state index contributed by atoms with van der Waals surface area (Å²) in [6.45, 7) is 1.87. The quantitative estimate of drug-likeness (QED) is 0.505. The van der Waals surface area contributed by atoms with E-state index in [1.165, 1.54) is 0 Å². The molecule has 0 bridgehead atoms. The molecule has 2 nitrogen and oxygen atoms in total. The van der Waals surface area contributed by atoms with Crippen LogP contribution in [-0.4, -0.2) is 11.0 Å². The van der Waals surface area contributed by atoms with Crippen molar-refractivity contribution in [2.75, 3.05) is 0 Å². The van der Waals surface area contributed by atoms with Gasteiger partial charge in [-0.2, -0.15) is 0 Å². The smallest absolute Gasteiger partial charge is 0.336 e. The first-order valence-electron chi connectivity index (χ1n) is 2.90. The Bertz CT molecular complexity index is 200. The Morgan fingerprint density at radius 2 is 2.40 bits per heavy atom. The van der Waals surface area contributed by atoms with Crippen molar-refractivity contribution in [1.29, 1.82) is 0 Å². The van der Waals surface area contributed by atoms with Crippen LogP contribution in [-0.2, 0) is 9.53 Å². The largest absolute Gasteiger partial charge is 0.441 e. The number of carbonyl (C=O) groups excluding carboxylic acids is 1. The summed E-state index contributed by atoms with van der Waals surface area (Å²) in [5.74, 6) is -0.311. The standard InChI is InChI=1S/C6H6BrClO2/c1-2-3-4(8)5(7)10-6(3)9/h5H,2H2,1H3/t5-/m0/s1. The number of hydrogen-bond acceptors (Lipinski definition) is 2. The highest BCUT2D eigenvalue weighted by Crippen LogP contribution is 2.31. The summed E-state index contributed by atoms with van der Waals surface area (Å²) in [6, 6.07) is 0. The van der Waals surface area contributed by atoms with Crippen molar-refractivity contribution in [3.05, 3.63) is 10.6 Å². The number of cyclic esters (lactones) is 1. The summed E-state index contributed by atoms with van der Waals surface area (Å²) in [5.41, 5.74) is 0.573. The maximum Gasteiger partial charge on any atom is 0.336 e. The van der Waals surface area contributed by atoms with Gasteiger partial charge in [0, 0.05) is 0 Å². The highest BCUT2D eigenvalue weighted by Gasteiger charge is 2.29. The fraction of sp³-hybridized carbons (Fsp3) is 0.500. The molecule has 4 heteroatoms. The maximum atomic E-state index is 10.8. The molecule has 0 aromatic heterocycles. The lowest BCUT2D eigenvalue weighted by molar-refractivity contribution is -0.136. The number of hydrogen-bond donors (Lipinski definition) is 0. The van der Waals surface area contributed by atoms with Crippen LogP contribution < -0.4 is 0 Å². The molecule has 1 aliphatic rings. The lowest BCUT2D eigenvalue weighted by Gasteiger charge is -1.96. The molecule has 1 heterocycles. The number of ether oxygens (including phenoxy) is 1. The first-order valence-corrected chi connectivity index (χ1v) is 4.19. The van der Waals surface area contributed by atoms with Gasteiger partial charge in [-0.3, -0.25) is 0 Å². The van der Waals surface area contributed by atoms with Gasteiger partial charge in [0.2, 0.25) is 0 Å². The van der Waals surface area contributed by atoms with E-state index < -0.39 is 5.01 Å². The van der Waals surface area contributed by atoms with Gasteiger partial charge in [-0.25, -0.2) is 4.79 Å². The lowest BCUT2D eigenvalue weighted by atomic mass is 10.2. The van der Waals surface area contributed by atoms with Crippen molar-refractivity contribution in [3.8, 4) is 0 Å².